The molecule has 134 valence electrons. The number of ether oxygens (including phenoxy) is 1. The molecule has 0 aliphatic heterocycles. The van der Waals surface area contributed by atoms with Crippen molar-refractivity contribution in [3.8, 4) is 5.75 Å². The fourth-order valence-corrected chi connectivity index (χ4v) is 3.49. The summed E-state index contributed by atoms with van der Waals surface area (Å²) in [6.45, 7) is 0.672. The Morgan fingerprint density at radius 3 is 2.92 bits per heavy atom. The Hall–Kier alpha value is -2.89. The Kier molecular flexibility index (Phi) is 4.82. The third-order valence-corrected chi connectivity index (χ3v) is 4.93. The molecule has 0 bridgehead atoms. The number of rotatable bonds is 5. The molecule has 1 aromatic carbocycles. The number of H-pyrrole nitrogens is 1. The van der Waals surface area contributed by atoms with E-state index in [1.165, 1.54) is 32.1 Å². The lowest BCUT2D eigenvalue weighted by Gasteiger charge is -2.22. The Morgan fingerprint density at radius 1 is 1.19 bits per heavy atom. The summed E-state index contributed by atoms with van der Waals surface area (Å²) in [5, 5.41) is 10.5. The first-order chi connectivity index (χ1) is 12.8. The predicted octanol–water partition coefficient (Wildman–Crippen LogP) is 4.17. The van der Waals surface area contributed by atoms with Gasteiger partial charge in [-0.05, 0) is 37.0 Å². The molecule has 0 atom stereocenters. The molecular formula is C20H22N4O2. The second-order valence-electron chi connectivity index (χ2n) is 6.76. The number of benzene rings is 1. The molecule has 1 saturated carbocycles. The number of carbonyl (C=O) groups is 1. The zero-order chi connectivity index (χ0) is 17.8. The molecule has 0 saturated heterocycles. The highest BCUT2D eigenvalue weighted by molar-refractivity contribution is 6.09. The molecule has 0 unspecified atom stereocenters. The first-order valence-corrected chi connectivity index (χ1v) is 9.12. The summed E-state index contributed by atoms with van der Waals surface area (Å²) in [5.41, 5.74) is 1.86. The van der Waals surface area contributed by atoms with Crippen molar-refractivity contribution in [3.63, 3.8) is 0 Å². The summed E-state index contributed by atoms with van der Waals surface area (Å²) in [6, 6.07) is 9.16. The zero-order valence-corrected chi connectivity index (χ0v) is 14.6. The van der Waals surface area contributed by atoms with Crippen LogP contribution in [0.2, 0.25) is 0 Å². The molecule has 2 heterocycles. The Bertz CT molecular complexity index is 899. The summed E-state index contributed by atoms with van der Waals surface area (Å²) in [6.07, 6.45) is 9.60. The number of hydrogen-bond acceptors (Lipinski definition) is 4. The van der Waals surface area contributed by atoms with Gasteiger partial charge >= 0.3 is 0 Å². The van der Waals surface area contributed by atoms with E-state index < -0.39 is 0 Å². The van der Waals surface area contributed by atoms with Crippen LogP contribution in [0.5, 0.6) is 5.75 Å². The number of carbonyl (C=O) groups excluding carboxylic acids is 1. The third kappa shape index (κ3) is 3.54. The molecule has 1 aliphatic rings. The average Bonchev–Trinajstić information content (AvgIpc) is 3.17. The fraction of sp³-hybridized carbons (Fsp3) is 0.350. The molecule has 4 rings (SSSR count). The van der Waals surface area contributed by atoms with Gasteiger partial charge in [-0.1, -0.05) is 31.4 Å². The molecule has 6 nitrogen and oxygen atoms in total. The van der Waals surface area contributed by atoms with Crippen molar-refractivity contribution in [2.45, 2.75) is 32.1 Å². The van der Waals surface area contributed by atoms with Crippen LogP contribution >= 0.6 is 0 Å². The topological polar surface area (TPSA) is 79.9 Å². The molecule has 2 aromatic heterocycles. The normalized spacial score (nSPS) is 15.1. The molecule has 6 heteroatoms. The van der Waals surface area contributed by atoms with Gasteiger partial charge in [-0.2, -0.15) is 5.10 Å². The quantitative estimate of drug-likeness (QED) is 0.724. The average molecular weight is 350 g/mol. The van der Waals surface area contributed by atoms with Crippen molar-refractivity contribution >= 4 is 22.6 Å². The van der Waals surface area contributed by atoms with Gasteiger partial charge in [0.2, 0.25) is 0 Å². The summed E-state index contributed by atoms with van der Waals surface area (Å²) in [4.78, 5) is 17.0. The molecule has 1 aliphatic carbocycles. The van der Waals surface area contributed by atoms with E-state index in [9.17, 15) is 4.79 Å². The van der Waals surface area contributed by atoms with E-state index >= 15 is 0 Å². The van der Waals surface area contributed by atoms with E-state index in [4.69, 9.17) is 4.74 Å². The van der Waals surface area contributed by atoms with Gasteiger partial charge in [0.15, 0.2) is 5.65 Å². The third-order valence-electron chi connectivity index (χ3n) is 4.93. The maximum absolute atomic E-state index is 12.8. The summed E-state index contributed by atoms with van der Waals surface area (Å²) < 4.78 is 6.02. The molecule has 0 radical (unpaired) electrons. The van der Waals surface area contributed by atoms with Crippen LogP contribution in [-0.2, 0) is 0 Å². The first kappa shape index (κ1) is 16.6. The maximum atomic E-state index is 12.8. The first-order valence-electron chi connectivity index (χ1n) is 9.12. The largest absolute Gasteiger partial charge is 0.492 e. The van der Waals surface area contributed by atoms with Crippen molar-refractivity contribution in [3.05, 3.63) is 48.3 Å². The van der Waals surface area contributed by atoms with Crippen LogP contribution in [0.3, 0.4) is 0 Å². The minimum atomic E-state index is -0.196. The minimum Gasteiger partial charge on any atom is -0.492 e. The monoisotopic (exact) mass is 350 g/mol. The number of aromatic amines is 1. The Labute approximate surface area is 152 Å². The van der Waals surface area contributed by atoms with Gasteiger partial charge in [0.1, 0.15) is 5.75 Å². The maximum Gasteiger partial charge on any atom is 0.259 e. The molecule has 2 N–H and O–H groups in total. The number of pyridine rings is 1. The number of nitrogens with zero attached hydrogens (tertiary/aromatic N) is 2. The van der Waals surface area contributed by atoms with Gasteiger partial charge < -0.3 is 10.1 Å². The second kappa shape index (κ2) is 7.56. The minimum absolute atomic E-state index is 0.196. The zero-order valence-electron chi connectivity index (χ0n) is 14.6. The molecule has 0 spiro atoms. The van der Waals surface area contributed by atoms with E-state index in [1.54, 1.807) is 24.5 Å². The number of aromatic nitrogens is 3. The smallest absolute Gasteiger partial charge is 0.259 e. The van der Waals surface area contributed by atoms with Crippen LogP contribution in [0.4, 0.5) is 5.69 Å². The Balaban J connectivity index is 1.50. The highest BCUT2D eigenvalue weighted by Gasteiger charge is 2.17. The predicted molar refractivity (Wildman–Crippen MR) is 100 cm³/mol. The van der Waals surface area contributed by atoms with Gasteiger partial charge in [-0.25, -0.2) is 4.98 Å². The standard InChI is InChI=1S/C20H22N4O2/c25-20(23-17-10-11-21-19-16(17)12-22-24-19)15-8-4-5-9-18(15)26-13-14-6-2-1-3-7-14/h4-5,8-12,14H,1-3,6-7,13H2,(H2,21,22,23,24,25). The molecule has 3 aromatic rings. The lowest BCUT2D eigenvalue weighted by atomic mass is 9.90. The second-order valence-corrected chi connectivity index (χ2v) is 6.76. The van der Waals surface area contributed by atoms with Crippen molar-refractivity contribution in [2.24, 2.45) is 5.92 Å². The summed E-state index contributed by atoms with van der Waals surface area (Å²) in [7, 11) is 0. The van der Waals surface area contributed by atoms with Crippen LogP contribution in [0.15, 0.2) is 42.7 Å². The van der Waals surface area contributed by atoms with Crippen molar-refractivity contribution in [2.75, 3.05) is 11.9 Å². The van der Waals surface area contributed by atoms with Crippen LogP contribution in [-0.4, -0.2) is 27.7 Å². The van der Waals surface area contributed by atoms with Gasteiger partial charge in [0.05, 0.1) is 29.4 Å². The lowest BCUT2D eigenvalue weighted by Crippen LogP contribution is -2.18. The number of nitrogens with one attached hydrogen (secondary N) is 2. The van der Waals surface area contributed by atoms with Crippen molar-refractivity contribution in [1.82, 2.24) is 15.2 Å². The van der Waals surface area contributed by atoms with E-state index in [2.05, 4.69) is 20.5 Å². The van der Waals surface area contributed by atoms with Crippen LogP contribution in [0.1, 0.15) is 42.5 Å². The van der Waals surface area contributed by atoms with E-state index in [-0.39, 0.29) is 5.91 Å². The van der Waals surface area contributed by atoms with Crippen LogP contribution in [0.25, 0.3) is 11.0 Å². The summed E-state index contributed by atoms with van der Waals surface area (Å²) in [5.74, 6) is 1.02. The van der Waals surface area contributed by atoms with Crippen molar-refractivity contribution < 1.29 is 9.53 Å². The van der Waals surface area contributed by atoms with Crippen LogP contribution < -0.4 is 10.1 Å². The van der Waals surface area contributed by atoms with Gasteiger partial charge in [-0.15, -0.1) is 0 Å². The number of amides is 1. The van der Waals surface area contributed by atoms with E-state index in [0.717, 1.165) is 5.39 Å². The van der Waals surface area contributed by atoms with E-state index in [1.807, 2.05) is 18.2 Å². The van der Waals surface area contributed by atoms with Gasteiger partial charge in [0.25, 0.3) is 5.91 Å². The Morgan fingerprint density at radius 2 is 2.04 bits per heavy atom. The SMILES string of the molecule is O=C(Nc1ccnc2[nH]ncc12)c1ccccc1OCC1CCCCC1. The van der Waals surface area contributed by atoms with Gasteiger partial charge in [-0.3, -0.25) is 9.89 Å². The van der Waals surface area contributed by atoms with E-state index in [0.29, 0.717) is 35.2 Å². The molecule has 1 fully saturated rings. The fourth-order valence-electron chi connectivity index (χ4n) is 3.49. The number of hydrogen-bond donors (Lipinski definition) is 2. The molecular weight excluding hydrogens is 328 g/mol. The molecule has 1 amide bonds. The number of fused-ring (bicyclic) bond motifs is 1. The summed E-state index contributed by atoms with van der Waals surface area (Å²) >= 11 is 0. The lowest BCUT2D eigenvalue weighted by molar-refractivity contribution is 0.102. The van der Waals surface area contributed by atoms with Gasteiger partial charge in [0, 0.05) is 6.20 Å². The van der Waals surface area contributed by atoms with Crippen molar-refractivity contribution in [1.29, 1.82) is 0 Å². The molecule has 26 heavy (non-hydrogen) atoms. The number of anilines is 1. The van der Waals surface area contributed by atoms with Crippen LogP contribution in [0, 0.1) is 5.92 Å². The highest BCUT2D eigenvalue weighted by atomic mass is 16.5. The highest BCUT2D eigenvalue weighted by Crippen LogP contribution is 2.27. The number of para-hydroxylation sites is 1.